The number of hydrogen-bond donors (Lipinski definition) is 1. The van der Waals surface area contributed by atoms with Crippen LogP contribution < -0.4 is 14.8 Å². The average Bonchev–Trinajstić information content (AvgIpc) is 2.48. The molecule has 3 rings (SSSR count). The molecule has 0 aliphatic carbocycles. The zero-order chi connectivity index (χ0) is 13.8. The minimum absolute atomic E-state index is 0.00433. The van der Waals surface area contributed by atoms with Crippen molar-refractivity contribution < 1.29 is 9.47 Å². The maximum absolute atomic E-state index is 5.96. The van der Waals surface area contributed by atoms with Crippen molar-refractivity contribution >= 4 is 11.6 Å². The summed E-state index contributed by atoms with van der Waals surface area (Å²) in [5.74, 6) is 1.48. The summed E-state index contributed by atoms with van der Waals surface area (Å²) in [6.45, 7) is 2.11. The van der Waals surface area contributed by atoms with E-state index < -0.39 is 0 Å². The molecular formula is C16H16ClNO2. The molecule has 0 saturated heterocycles. The zero-order valence-corrected chi connectivity index (χ0v) is 11.8. The second kappa shape index (κ2) is 6.16. The molecule has 104 valence electrons. The second-order valence-electron chi connectivity index (χ2n) is 4.76. The lowest BCUT2D eigenvalue weighted by Crippen LogP contribution is -2.38. The molecule has 0 spiro atoms. The summed E-state index contributed by atoms with van der Waals surface area (Å²) in [6.07, 6.45) is 0.00433. The van der Waals surface area contributed by atoms with E-state index >= 15 is 0 Å². The molecule has 4 heteroatoms. The SMILES string of the molecule is Clc1ccc2c(c1)O[C@H](CNCc1ccccc1)CO2. The van der Waals surface area contributed by atoms with Crippen LogP contribution in [0.3, 0.4) is 0 Å². The van der Waals surface area contributed by atoms with E-state index in [1.165, 1.54) is 5.56 Å². The predicted molar refractivity (Wildman–Crippen MR) is 79.5 cm³/mol. The van der Waals surface area contributed by atoms with Crippen molar-refractivity contribution in [1.82, 2.24) is 5.32 Å². The van der Waals surface area contributed by atoms with Gasteiger partial charge in [-0.3, -0.25) is 0 Å². The van der Waals surface area contributed by atoms with E-state index in [4.69, 9.17) is 21.1 Å². The van der Waals surface area contributed by atoms with Crippen LogP contribution >= 0.6 is 11.6 Å². The van der Waals surface area contributed by atoms with E-state index in [0.29, 0.717) is 11.6 Å². The van der Waals surface area contributed by atoms with Crippen LogP contribution in [0.15, 0.2) is 48.5 Å². The Morgan fingerprint density at radius 2 is 1.95 bits per heavy atom. The molecule has 1 aliphatic heterocycles. The van der Waals surface area contributed by atoms with Gasteiger partial charge in [-0.05, 0) is 17.7 Å². The van der Waals surface area contributed by atoms with Crippen LogP contribution in [0.5, 0.6) is 11.5 Å². The molecule has 3 nitrogen and oxygen atoms in total. The summed E-state index contributed by atoms with van der Waals surface area (Å²) in [7, 11) is 0. The van der Waals surface area contributed by atoms with E-state index in [-0.39, 0.29) is 6.10 Å². The summed E-state index contributed by atoms with van der Waals surface area (Å²) < 4.78 is 11.5. The molecule has 0 saturated carbocycles. The third-order valence-electron chi connectivity index (χ3n) is 3.17. The van der Waals surface area contributed by atoms with Crippen molar-refractivity contribution in [3.05, 3.63) is 59.1 Å². The Kier molecular flexibility index (Phi) is 4.09. The van der Waals surface area contributed by atoms with Crippen LogP contribution in [0.2, 0.25) is 5.02 Å². The van der Waals surface area contributed by atoms with E-state index in [9.17, 15) is 0 Å². The first kappa shape index (κ1) is 13.3. The second-order valence-corrected chi connectivity index (χ2v) is 5.19. The largest absolute Gasteiger partial charge is 0.486 e. The average molecular weight is 290 g/mol. The number of ether oxygens (including phenoxy) is 2. The molecule has 1 heterocycles. The number of hydrogen-bond acceptors (Lipinski definition) is 3. The quantitative estimate of drug-likeness (QED) is 0.937. The summed E-state index contributed by atoms with van der Waals surface area (Å²) in [6, 6.07) is 15.7. The molecule has 0 bridgehead atoms. The Hall–Kier alpha value is -1.71. The number of fused-ring (bicyclic) bond motifs is 1. The molecule has 0 amide bonds. The summed E-state index contributed by atoms with van der Waals surface area (Å²) in [5.41, 5.74) is 1.26. The zero-order valence-electron chi connectivity index (χ0n) is 11.0. The fraction of sp³-hybridized carbons (Fsp3) is 0.250. The first-order chi connectivity index (χ1) is 9.81. The van der Waals surface area contributed by atoms with Crippen LogP contribution in [0.25, 0.3) is 0 Å². The van der Waals surface area contributed by atoms with Gasteiger partial charge in [0.25, 0.3) is 0 Å². The Morgan fingerprint density at radius 3 is 2.80 bits per heavy atom. The minimum Gasteiger partial charge on any atom is -0.486 e. The van der Waals surface area contributed by atoms with Crippen molar-refractivity contribution in [3.63, 3.8) is 0 Å². The molecule has 0 radical (unpaired) electrons. The molecule has 0 aromatic heterocycles. The van der Waals surface area contributed by atoms with Crippen LogP contribution in [0.4, 0.5) is 0 Å². The van der Waals surface area contributed by atoms with E-state index in [1.807, 2.05) is 24.3 Å². The summed E-state index contributed by atoms with van der Waals surface area (Å²) >= 11 is 5.96. The Labute approximate surface area is 123 Å². The van der Waals surface area contributed by atoms with E-state index in [1.54, 1.807) is 12.1 Å². The van der Waals surface area contributed by atoms with Crippen molar-refractivity contribution in [2.45, 2.75) is 12.6 Å². The highest BCUT2D eigenvalue weighted by Gasteiger charge is 2.20. The van der Waals surface area contributed by atoms with Gasteiger partial charge < -0.3 is 14.8 Å². The van der Waals surface area contributed by atoms with Crippen LogP contribution in [-0.2, 0) is 6.54 Å². The van der Waals surface area contributed by atoms with Gasteiger partial charge in [-0.25, -0.2) is 0 Å². The maximum Gasteiger partial charge on any atom is 0.163 e. The van der Waals surface area contributed by atoms with Crippen molar-refractivity contribution in [2.75, 3.05) is 13.2 Å². The lowest BCUT2D eigenvalue weighted by atomic mass is 10.2. The molecule has 20 heavy (non-hydrogen) atoms. The number of halogens is 1. The van der Waals surface area contributed by atoms with Gasteiger partial charge in [-0.1, -0.05) is 41.9 Å². The first-order valence-electron chi connectivity index (χ1n) is 6.65. The van der Waals surface area contributed by atoms with Crippen molar-refractivity contribution in [2.24, 2.45) is 0 Å². The first-order valence-corrected chi connectivity index (χ1v) is 7.03. The Bertz CT molecular complexity index is 574. The van der Waals surface area contributed by atoms with Crippen LogP contribution in [0, 0.1) is 0 Å². The minimum atomic E-state index is 0.00433. The van der Waals surface area contributed by atoms with Gasteiger partial charge in [0.1, 0.15) is 12.7 Å². The molecule has 1 atom stereocenters. The highest BCUT2D eigenvalue weighted by molar-refractivity contribution is 6.30. The standard InChI is InChI=1S/C16H16ClNO2/c17-13-6-7-15-16(8-13)20-14(11-19-15)10-18-9-12-4-2-1-3-5-12/h1-8,14,18H,9-11H2/t14-/m1/s1. The third-order valence-corrected chi connectivity index (χ3v) is 3.40. The lowest BCUT2D eigenvalue weighted by molar-refractivity contribution is 0.0902. The smallest absolute Gasteiger partial charge is 0.163 e. The monoisotopic (exact) mass is 289 g/mol. The maximum atomic E-state index is 5.96. The molecule has 1 N–H and O–H groups in total. The van der Waals surface area contributed by atoms with E-state index in [0.717, 1.165) is 24.6 Å². The number of nitrogens with one attached hydrogen (secondary N) is 1. The molecule has 0 unspecified atom stereocenters. The fourth-order valence-corrected chi connectivity index (χ4v) is 2.33. The van der Waals surface area contributed by atoms with Gasteiger partial charge in [-0.15, -0.1) is 0 Å². The molecule has 0 fully saturated rings. The van der Waals surface area contributed by atoms with Gasteiger partial charge in [0.05, 0.1) is 0 Å². The Morgan fingerprint density at radius 1 is 1.10 bits per heavy atom. The fourth-order valence-electron chi connectivity index (χ4n) is 2.16. The van der Waals surface area contributed by atoms with Gasteiger partial charge in [-0.2, -0.15) is 0 Å². The molecule has 2 aromatic rings. The van der Waals surface area contributed by atoms with Gasteiger partial charge in [0.15, 0.2) is 11.5 Å². The van der Waals surface area contributed by atoms with Crippen LogP contribution in [0.1, 0.15) is 5.56 Å². The normalized spacial score (nSPS) is 16.9. The predicted octanol–water partition coefficient (Wildman–Crippen LogP) is 3.27. The molecule has 2 aromatic carbocycles. The van der Waals surface area contributed by atoms with Gasteiger partial charge in [0, 0.05) is 24.2 Å². The van der Waals surface area contributed by atoms with Gasteiger partial charge in [0.2, 0.25) is 0 Å². The highest BCUT2D eigenvalue weighted by Crippen LogP contribution is 2.33. The topological polar surface area (TPSA) is 30.5 Å². The van der Waals surface area contributed by atoms with Crippen molar-refractivity contribution in [1.29, 1.82) is 0 Å². The molecular weight excluding hydrogens is 274 g/mol. The van der Waals surface area contributed by atoms with Crippen molar-refractivity contribution in [3.8, 4) is 11.5 Å². The number of benzene rings is 2. The number of rotatable bonds is 4. The Balaban J connectivity index is 1.53. The highest BCUT2D eigenvalue weighted by atomic mass is 35.5. The third kappa shape index (κ3) is 3.24. The lowest BCUT2D eigenvalue weighted by Gasteiger charge is -2.26. The molecule has 1 aliphatic rings. The van der Waals surface area contributed by atoms with Crippen LogP contribution in [-0.4, -0.2) is 19.3 Å². The summed E-state index contributed by atoms with van der Waals surface area (Å²) in [4.78, 5) is 0. The summed E-state index contributed by atoms with van der Waals surface area (Å²) in [5, 5.41) is 4.04. The van der Waals surface area contributed by atoms with E-state index in [2.05, 4.69) is 17.4 Å². The van der Waals surface area contributed by atoms with Gasteiger partial charge >= 0.3 is 0 Å².